The summed E-state index contributed by atoms with van der Waals surface area (Å²) >= 11 is 1.34. The van der Waals surface area contributed by atoms with Crippen LogP contribution in [0.5, 0.6) is 0 Å². The molecule has 37 heavy (non-hydrogen) atoms. The third-order valence-corrected chi connectivity index (χ3v) is 10.0. The van der Waals surface area contributed by atoms with E-state index in [4.69, 9.17) is 0 Å². The molecule has 1 aliphatic rings. The van der Waals surface area contributed by atoms with Gasteiger partial charge in [0.25, 0.3) is 15.9 Å². The van der Waals surface area contributed by atoms with Crippen molar-refractivity contribution in [3.8, 4) is 0 Å². The lowest BCUT2D eigenvalue weighted by Gasteiger charge is -2.37. The van der Waals surface area contributed by atoms with Crippen molar-refractivity contribution in [1.29, 1.82) is 0 Å². The smallest absolute Gasteiger partial charge is 0.262 e. The number of aliphatic imine (C=N–C) groups is 1. The van der Waals surface area contributed by atoms with Crippen molar-refractivity contribution >= 4 is 55.8 Å². The summed E-state index contributed by atoms with van der Waals surface area (Å²) < 4.78 is 54.5. The number of piperazine rings is 1. The van der Waals surface area contributed by atoms with Gasteiger partial charge in [-0.1, -0.05) is 12.1 Å². The number of nitrogens with zero attached hydrogens (tertiary/aromatic N) is 4. The third kappa shape index (κ3) is 6.35. The van der Waals surface area contributed by atoms with Crippen molar-refractivity contribution in [1.82, 2.24) is 9.21 Å². The number of benzene rings is 2. The van der Waals surface area contributed by atoms with Crippen LogP contribution in [0.2, 0.25) is 0 Å². The lowest BCUT2D eigenvalue weighted by atomic mass is 10.2. The fourth-order valence-electron chi connectivity index (χ4n) is 3.80. The van der Waals surface area contributed by atoms with Crippen LogP contribution >= 0.6 is 11.8 Å². The van der Waals surface area contributed by atoms with E-state index in [2.05, 4.69) is 16.4 Å². The minimum Gasteiger partial charge on any atom is -0.366 e. The van der Waals surface area contributed by atoms with E-state index in [1.165, 1.54) is 50.1 Å². The van der Waals surface area contributed by atoms with E-state index in [9.17, 15) is 21.6 Å². The molecule has 1 N–H and O–H groups in total. The number of amides is 1. The van der Waals surface area contributed by atoms with E-state index in [1.54, 1.807) is 24.0 Å². The molecule has 0 bridgehead atoms. The molecule has 13 heteroatoms. The van der Waals surface area contributed by atoms with E-state index in [0.717, 1.165) is 4.31 Å². The summed E-state index contributed by atoms with van der Waals surface area (Å²) in [6.07, 6.45) is 1.83. The van der Waals surface area contributed by atoms with Gasteiger partial charge in [-0.2, -0.15) is 0 Å². The second-order valence-electron chi connectivity index (χ2n) is 8.44. The highest BCUT2D eigenvalue weighted by molar-refractivity contribution is 8.03. The van der Waals surface area contributed by atoms with Crippen molar-refractivity contribution in [3.05, 3.63) is 59.1 Å². The molecule has 1 amide bonds. The van der Waals surface area contributed by atoms with E-state index in [0.29, 0.717) is 48.2 Å². The van der Waals surface area contributed by atoms with Crippen LogP contribution in [-0.4, -0.2) is 85.2 Å². The molecule has 2 aromatic rings. The highest BCUT2D eigenvalue weighted by Crippen LogP contribution is 2.30. The van der Waals surface area contributed by atoms with Crippen LogP contribution < -0.4 is 9.62 Å². The largest absolute Gasteiger partial charge is 0.366 e. The first-order valence-electron chi connectivity index (χ1n) is 11.3. The molecule has 0 radical (unpaired) electrons. The number of para-hydroxylation sites is 2. The van der Waals surface area contributed by atoms with Gasteiger partial charge in [0.15, 0.2) is 0 Å². The van der Waals surface area contributed by atoms with Crippen LogP contribution in [0.15, 0.2) is 73.9 Å². The quantitative estimate of drug-likeness (QED) is 0.367. The Morgan fingerprint density at radius 1 is 0.973 bits per heavy atom. The highest BCUT2D eigenvalue weighted by atomic mass is 32.2. The van der Waals surface area contributed by atoms with Gasteiger partial charge in [-0.15, -0.1) is 11.8 Å². The van der Waals surface area contributed by atoms with Crippen LogP contribution in [-0.2, 0) is 24.8 Å². The van der Waals surface area contributed by atoms with Crippen molar-refractivity contribution in [2.45, 2.75) is 16.7 Å². The first-order valence-corrected chi connectivity index (χ1v) is 15.5. The fourth-order valence-corrected chi connectivity index (χ4v) is 6.44. The average Bonchev–Trinajstić information content (AvgIpc) is 2.89. The highest BCUT2D eigenvalue weighted by Gasteiger charge is 2.27. The minimum absolute atomic E-state index is 0.00260. The van der Waals surface area contributed by atoms with Gasteiger partial charge >= 0.3 is 0 Å². The number of carbonyl (C=O) groups excluding carboxylic acids is 1. The number of sulfonamides is 2. The molecule has 1 saturated heterocycles. The molecule has 0 saturated carbocycles. The minimum atomic E-state index is -3.98. The topological polar surface area (TPSA) is 119 Å². The van der Waals surface area contributed by atoms with Gasteiger partial charge in [0.05, 0.1) is 31.8 Å². The fraction of sp³-hybridized carbons (Fsp3) is 0.333. The molecule has 0 spiro atoms. The summed E-state index contributed by atoms with van der Waals surface area (Å²) in [5.41, 5.74) is 1.67. The Kier molecular flexibility index (Phi) is 9.05. The lowest BCUT2D eigenvalue weighted by Crippen LogP contribution is -2.49. The molecule has 1 fully saturated rings. The number of carbonyl (C=O) groups is 1. The number of hydrogen-bond acceptors (Lipinski definition) is 8. The van der Waals surface area contributed by atoms with Gasteiger partial charge in [0.2, 0.25) is 10.0 Å². The maximum absolute atomic E-state index is 13.1. The first kappa shape index (κ1) is 28.7. The van der Waals surface area contributed by atoms with Crippen LogP contribution in [0.25, 0.3) is 0 Å². The molecule has 3 rings (SSSR count). The number of allylic oxidation sites excluding steroid dienone is 1. The Morgan fingerprint density at radius 2 is 1.54 bits per heavy atom. The number of rotatable bonds is 9. The summed E-state index contributed by atoms with van der Waals surface area (Å²) in [6.45, 7) is 7.23. The summed E-state index contributed by atoms with van der Waals surface area (Å²) in [7, 11) is -4.84. The zero-order valence-electron chi connectivity index (χ0n) is 21.2. The molecule has 2 aromatic carbocycles. The van der Waals surface area contributed by atoms with Gasteiger partial charge in [0.1, 0.15) is 0 Å². The van der Waals surface area contributed by atoms with E-state index >= 15 is 0 Å². The molecular formula is C24H31N5O5S3. The van der Waals surface area contributed by atoms with Crippen LogP contribution in [0, 0.1) is 0 Å². The Balaban J connectivity index is 1.77. The van der Waals surface area contributed by atoms with Crippen molar-refractivity contribution in [2.24, 2.45) is 4.99 Å². The summed E-state index contributed by atoms with van der Waals surface area (Å²) in [6, 6.07) is 12.1. The Morgan fingerprint density at radius 3 is 2.08 bits per heavy atom. The van der Waals surface area contributed by atoms with Crippen molar-refractivity contribution in [2.75, 3.05) is 56.2 Å². The standard InChI is InChI=1S/C24H31N5O5S3/c1-18(25-2)23(35-5)24(30)29-16-14-28(15-17-29)22-9-7-6-8-21(22)26-36(31,32)19-10-12-20(13-11-19)37(33,34)27(3)4/h6-13,26H,2,14-17H2,1,3-5H3/b23-18-. The maximum Gasteiger partial charge on any atom is 0.262 e. The first-order chi connectivity index (χ1) is 17.4. The SMILES string of the molecule is C=N/C(C)=C(\SC)C(=O)N1CCN(c2ccccc2NS(=O)(=O)c2ccc(S(=O)(=O)N(C)C)cc2)CC1. The zero-order valence-corrected chi connectivity index (χ0v) is 23.7. The second-order valence-corrected chi connectivity index (χ2v) is 13.1. The molecular weight excluding hydrogens is 534 g/mol. The molecule has 10 nitrogen and oxygen atoms in total. The Hall–Kier alpha value is -2.87. The molecule has 0 unspecified atom stereocenters. The predicted molar refractivity (Wildman–Crippen MR) is 149 cm³/mol. The average molecular weight is 566 g/mol. The molecule has 200 valence electrons. The Labute approximate surface area is 223 Å². The second kappa shape index (κ2) is 11.7. The number of hydrogen-bond donors (Lipinski definition) is 1. The summed E-state index contributed by atoms with van der Waals surface area (Å²) in [4.78, 5) is 21.1. The predicted octanol–water partition coefficient (Wildman–Crippen LogP) is 2.68. The van der Waals surface area contributed by atoms with E-state index in [-0.39, 0.29) is 15.7 Å². The van der Waals surface area contributed by atoms with Crippen LogP contribution in [0.3, 0.4) is 0 Å². The number of anilines is 2. The third-order valence-electron chi connectivity index (χ3n) is 5.93. The van der Waals surface area contributed by atoms with Crippen molar-refractivity contribution < 1.29 is 21.6 Å². The lowest BCUT2D eigenvalue weighted by molar-refractivity contribution is -0.126. The normalized spacial score (nSPS) is 15.4. The Bertz CT molecular complexity index is 1400. The molecule has 0 aliphatic carbocycles. The maximum atomic E-state index is 13.1. The van der Waals surface area contributed by atoms with Gasteiger partial charge in [0, 0.05) is 40.3 Å². The summed E-state index contributed by atoms with van der Waals surface area (Å²) in [5.74, 6) is -0.0919. The van der Waals surface area contributed by atoms with Gasteiger partial charge in [-0.3, -0.25) is 14.5 Å². The zero-order chi connectivity index (χ0) is 27.4. The van der Waals surface area contributed by atoms with Gasteiger partial charge < -0.3 is 9.80 Å². The molecule has 1 heterocycles. The number of thioether (sulfide) groups is 1. The summed E-state index contributed by atoms with van der Waals surface area (Å²) in [5, 5.41) is 0. The van der Waals surface area contributed by atoms with E-state index < -0.39 is 20.0 Å². The van der Waals surface area contributed by atoms with Crippen LogP contribution in [0.1, 0.15) is 6.92 Å². The van der Waals surface area contributed by atoms with Crippen LogP contribution in [0.4, 0.5) is 11.4 Å². The van der Waals surface area contributed by atoms with Gasteiger partial charge in [-0.25, -0.2) is 21.1 Å². The molecule has 1 aliphatic heterocycles. The molecule has 0 aromatic heterocycles. The van der Waals surface area contributed by atoms with Gasteiger partial charge in [-0.05, 0) is 56.3 Å². The van der Waals surface area contributed by atoms with E-state index in [1.807, 2.05) is 23.3 Å². The molecule has 0 atom stereocenters. The van der Waals surface area contributed by atoms with Crippen molar-refractivity contribution in [3.63, 3.8) is 0 Å². The number of nitrogens with one attached hydrogen (secondary N) is 1. The monoisotopic (exact) mass is 565 g/mol.